The summed E-state index contributed by atoms with van der Waals surface area (Å²) in [5.74, 6) is -0.392. The highest BCUT2D eigenvalue weighted by atomic mass is 32.2. The van der Waals surface area contributed by atoms with Crippen molar-refractivity contribution in [2.75, 3.05) is 26.7 Å². The van der Waals surface area contributed by atoms with Gasteiger partial charge in [0.2, 0.25) is 10.0 Å². The predicted molar refractivity (Wildman–Crippen MR) is 113 cm³/mol. The number of hydrogen-bond donors (Lipinski definition) is 1. The van der Waals surface area contributed by atoms with Crippen LogP contribution in [0.4, 0.5) is 8.78 Å². The lowest BCUT2D eigenvalue weighted by atomic mass is 10.1. The van der Waals surface area contributed by atoms with Crippen LogP contribution in [0.25, 0.3) is 0 Å². The van der Waals surface area contributed by atoms with E-state index in [1.807, 2.05) is 0 Å². The normalized spacial score (nSPS) is 15.1. The van der Waals surface area contributed by atoms with E-state index in [0.717, 1.165) is 30.6 Å². The minimum Gasteiger partial charge on any atom is -0.493 e. The van der Waals surface area contributed by atoms with Crippen molar-refractivity contribution in [2.24, 2.45) is 0 Å². The molecule has 31 heavy (non-hydrogen) atoms. The molecule has 1 amide bonds. The number of rotatable bonds is 9. The molecule has 0 spiro atoms. The monoisotopic (exact) mass is 474 g/mol. The highest BCUT2D eigenvalue weighted by Gasteiger charge is 2.30. The topological polar surface area (TPSA) is 84.9 Å². The van der Waals surface area contributed by atoms with Crippen molar-refractivity contribution in [2.45, 2.75) is 37.2 Å². The second-order valence-electron chi connectivity index (χ2n) is 6.95. The van der Waals surface area contributed by atoms with Gasteiger partial charge in [-0.25, -0.2) is 8.42 Å². The molecule has 1 aromatic heterocycles. The van der Waals surface area contributed by atoms with Gasteiger partial charge in [-0.05, 0) is 48.4 Å². The zero-order chi connectivity index (χ0) is 22.4. The van der Waals surface area contributed by atoms with Gasteiger partial charge in [-0.2, -0.15) is 13.1 Å². The molecule has 1 saturated heterocycles. The number of alkyl halides is 2. The van der Waals surface area contributed by atoms with Gasteiger partial charge in [0.1, 0.15) is 9.77 Å². The summed E-state index contributed by atoms with van der Waals surface area (Å²) in [6.07, 6.45) is 2.96. The van der Waals surface area contributed by atoms with Gasteiger partial charge in [0.05, 0.1) is 7.11 Å². The third-order valence-corrected chi connectivity index (χ3v) is 7.89. The van der Waals surface area contributed by atoms with Crippen LogP contribution in [0.2, 0.25) is 0 Å². The number of thiophene rings is 1. The van der Waals surface area contributed by atoms with Crippen molar-refractivity contribution in [1.29, 1.82) is 0 Å². The van der Waals surface area contributed by atoms with Gasteiger partial charge in [-0.3, -0.25) is 4.79 Å². The van der Waals surface area contributed by atoms with Crippen LogP contribution in [-0.2, 0) is 16.4 Å². The maximum Gasteiger partial charge on any atom is 0.387 e. The second-order valence-corrected chi connectivity index (χ2v) is 9.77. The van der Waals surface area contributed by atoms with E-state index in [4.69, 9.17) is 4.74 Å². The van der Waals surface area contributed by atoms with Crippen LogP contribution in [0.5, 0.6) is 11.5 Å². The number of hydrogen-bond acceptors (Lipinski definition) is 6. The van der Waals surface area contributed by atoms with Gasteiger partial charge in [-0.15, -0.1) is 11.3 Å². The van der Waals surface area contributed by atoms with Gasteiger partial charge in [0.25, 0.3) is 5.91 Å². The third-order valence-electron chi connectivity index (χ3n) is 4.91. The van der Waals surface area contributed by atoms with E-state index in [9.17, 15) is 22.0 Å². The number of carbonyl (C=O) groups is 1. The molecule has 0 atom stereocenters. The fourth-order valence-corrected chi connectivity index (χ4v) is 6.21. The summed E-state index contributed by atoms with van der Waals surface area (Å²) in [6.45, 7) is -1.87. The molecule has 0 aliphatic carbocycles. The first-order valence-electron chi connectivity index (χ1n) is 9.80. The lowest BCUT2D eigenvalue weighted by molar-refractivity contribution is -0.0512. The van der Waals surface area contributed by atoms with Gasteiger partial charge in [0, 0.05) is 19.6 Å². The van der Waals surface area contributed by atoms with Gasteiger partial charge in [-0.1, -0.05) is 12.5 Å². The Balaban J connectivity index is 1.64. The van der Waals surface area contributed by atoms with Crippen LogP contribution >= 0.6 is 11.3 Å². The van der Waals surface area contributed by atoms with E-state index >= 15 is 0 Å². The molecule has 170 valence electrons. The number of nitrogens with one attached hydrogen (secondary N) is 1. The number of halogens is 2. The molecule has 1 aromatic carbocycles. The fourth-order valence-electron chi connectivity index (χ4n) is 3.38. The second kappa shape index (κ2) is 10.4. The number of amides is 1. The Labute approximate surface area is 184 Å². The number of nitrogens with zero attached hydrogens (tertiary/aromatic N) is 1. The van der Waals surface area contributed by atoms with Crippen molar-refractivity contribution in [3.63, 3.8) is 0 Å². The molecule has 0 saturated carbocycles. The van der Waals surface area contributed by atoms with Crippen LogP contribution in [-0.4, -0.2) is 52.0 Å². The molecule has 0 bridgehead atoms. The van der Waals surface area contributed by atoms with Gasteiger partial charge >= 0.3 is 6.61 Å². The summed E-state index contributed by atoms with van der Waals surface area (Å²) in [7, 11) is -2.36. The first-order valence-corrected chi connectivity index (χ1v) is 12.1. The zero-order valence-corrected chi connectivity index (χ0v) is 18.6. The van der Waals surface area contributed by atoms with E-state index in [2.05, 4.69) is 10.1 Å². The summed E-state index contributed by atoms with van der Waals surface area (Å²) < 4.78 is 61.9. The molecule has 11 heteroatoms. The van der Waals surface area contributed by atoms with Crippen LogP contribution in [0.3, 0.4) is 0 Å². The zero-order valence-electron chi connectivity index (χ0n) is 17.0. The lowest BCUT2D eigenvalue weighted by Crippen LogP contribution is -2.36. The minimum absolute atomic E-state index is 0.0222. The van der Waals surface area contributed by atoms with Crippen molar-refractivity contribution in [1.82, 2.24) is 9.62 Å². The molecule has 1 aliphatic rings. The molecule has 2 heterocycles. The quantitative estimate of drug-likeness (QED) is 0.601. The van der Waals surface area contributed by atoms with E-state index in [1.165, 1.54) is 29.6 Å². The van der Waals surface area contributed by atoms with E-state index in [-0.39, 0.29) is 27.8 Å². The molecular formula is C20H24F2N2O5S2. The molecule has 0 radical (unpaired) electrons. The summed E-state index contributed by atoms with van der Waals surface area (Å²) in [5, 5.41) is 4.29. The Morgan fingerprint density at radius 2 is 1.94 bits per heavy atom. The standard InChI is InChI=1S/C20H24F2N2O5S2/c1-28-15-6-5-14(13-16(15)29-20(21)22)7-9-23-19(25)18-17(8-12-30-18)31(26,27)24-10-3-2-4-11-24/h5-6,8,12-13,20H,2-4,7,9-11H2,1H3,(H,23,25). The highest BCUT2D eigenvalue weighted by molar-refractivity contribution is 7.89. The van der Waals surface area contributed by atoms with Crippen molar-refractivity contribution in [3.8, 4) is 11.5 Å². The molecule has 7 nitrogen and oxygen atoms in total. The minimum atomic E-state index is -3.71. The molecule has 2 aromatic rings. The average molecular weight is 475 g/mol. The summed E-state index contributed by atoms with van der Waals surface area (Å²) in [5.41, 5.74) is 0.657. The summed E-state index contributed by atoms with van der Waals surface area (Å²) >= 11 is 1.07. The maximum absolute atomic E-state index is 12.9. The summed E-state index contributed by atoms with van der Waals surface area (Å²) in [4.78, 5) is 12.8. The Kier molecular flexibility index (Phi) is 7.84. The third kappa shape index (κ3) is 5.72. The smallest absolute Gasteiger partial charge is 0.387 e. The van der Waals surface area contributed by atoms with Crippen molar-refractivity contribution < 1.29 is 31.5 Å². The van der Waals surface area contributed by atoms with E-state index in [1.54, 1.807) is 11.4 Å². The van der Waals surface area contributed by atoms with Crippen LogP contribution in [0.1, 0.15) is 34.5 Å². The van der Waals surface area contributed by atoms with E-state index < -0.39 is 22.5 Å². The van der Waals surface area contributed by atoms with Crippen molar-refractivity contribution >= 4 is 27.3 Å². The number of piperidine rings is 1. The molecule has 3 rings (SSSR count). The first-order chi connectivity index (χ1) is 14.8. The van der Waals surface area contributed by atoms with Crippen LogP contribution in [0, 0.1) is 0 Å². The number of sulfonamides is 1. The Morgan fingerprint density at radius 1 is 1.19 bits per heavy atom. The molecule has 1 aliphatic heterocycles. The maximum atomic E-state index is 12.9. The number of methoxy groups -OCH3 is 1. The first kappa shape index (κ1) is 23.4. The highest BCUT2D eigenvalue weighted by Crippen LogP contribution is 2.30. The number of benzene rings is 1. The van der Waals surface area contributed by atoms with E-state index in [0.29, 0.717) is 25.1 Å². The fraction of sp³-hybridized carbons (Fsp3) is 0.450. The Hall–Kier alpha value is -2.24. The number of ether oxygens (including phenoxy) is 2. The van der Waals surface area contributed by atoms with Crippen LogP contribution in [0.15, 0.2) is 34.5 Å². The van der Waals surface area contributed by atoms with Gasteiger partial charge in [0.15, 0.2) is 11.5 Å². The molecule has 0 unspecified atom stereocenters. The van der Waals surface area contributed by atoms with Crippen molar-refractivity contribution in [3.05, 3.63) is 40.1 Å². The SMILES string of the molecule is COc1ccc(CCNC(=O)c2sccc2S(=O)(=O)N2CCCCC2)cc1OC(F)F. The Bertz CT molecular complexity index is 1000. The summed E-state index contributed by atoms with van der Waals surface area (Å²) in [6, 6.07) is 6.08. The predicted octanol–water partition coefficient (Wildman–Crippen LogP) is 3.51. The molecule has 1 fully saturated rings. The largest absolute Gasteiger partial charge is 0.493 e. The Morgan fingerprint density at radius 3 is 2.61 bits per heavy atom. The van der Waals surface area contributed by atoms with Crippen LogP contribution < -0.4 is 14.8 Å². The number of carbonyl (C=O) groups excluding carboxylic acids is 1. The lowest BCUT2D eigenvalue weighted by Gasteiger charge is -2.25. The molecular weight excluding hydrogens is 450 g/mol. The average Bonchev–Trinajstić information content (AvgIpc) is 3.25. The van der Waals surface area contributed by atoms with Gasteiger partial charge < -0.3 is 14.8 Å². The molecule has 1 N–H and O–H groups in total.